The summed E-state index contributed by atoms with van der Waals surface area (Å²) in [5, 5.41) is 11.9. The molecule has 0 radical (unpaired) electrons. The molecule has 0 saturated carbocycles. The molecule has 0 fully saturated rings. The van der Waals surface area contributed by atoms with Crippen molar-refractivity contribution >= 4 is 11.6 Å². The molecule has 0 heterocycles. The monoisotopic (exact) mass is 353 g/mol. The third-order valence-corrected chi connectivity index (χ3v) is 4.28. The summed E-state index contributed by atoms with van der Waals surface area (Å²) in [5.74, 6) is -0.910. The number of carbonyl (C=O) groups excluding carboxylic acids is 1. The highest BCUT2D eigenvalue weighted by molar-refractivity contribution is 5.95. The summed E-state index contributed by atoms with van der Waals surface area (Å²) in [7, 11) is 0. The van der Waals surface area contributed by atoms with Gasteiger partial charge in [0, 0.05) is 29.9 Å². The van der Waals surface area contributed by atoms with Crippen molar-refractivity contribution in [1.29, 1.82) is 5.26 Å². The molecule has 2 aromatic carbocycles. The Hall–Kier alpha value is -2.87. The van der Waals surface area contributed by atoms with Gasteiger partial charge in [0.15, 0.2) is 0 Å². The standard InChI is InChI=1S/C21H24FN3O/c1-3-5-14-25(4-2)17-12-10-16(11-13-17)21(26)24-20(15-23)18-8-6-7-9-19(18)22/h6-13,20H,3-5,14H2,1-2H3,(H,24,26). The maximum Gasteiger partial charge on any atom is 0.252 e. The summed E-state index contributed by atoms with van der Waals surface area (Å²) in [4.78, 5) is 14.7. The molecule has 1 N–H and O–H groups in total. The summed E-state index contributed by atoms with van der Waals surface area (Å²) in [5.41, 5.74) is 1.66. The number of rotatable bonds is 8. The van der Waals surface area contributed by atoms with E-state index in [4.69, 9.17) is 0 Å². The minimum Gasteiger partial charge on any atom is -0.372 e. The van der Waals surface area contributed by atoms with Gasteiger partial charge >= 0.3 is 0 Å². The van der Waals surface area contributed by atoms with E-state index in [2.05, 4.69) is 24.1 Å². The molecule has 0 spiro atoms. The van der Waals surface area contributed by atoms with Gasteiger partial charge in [-0.05, 0) is 43.7 Å². The number of anilines is 1. The van der Waals surface area contributed by atoms with Crippen LogP contribution in [0.25, 0.3) is 0 Å². The Kier molecular flexibility index (Phi) is 7.16. The van der Waals surface area contributed by atoms with Crippen LogP contribution in [-0.4, -0.2) is 19.0 Å². The molecule has 26 heavy (non-hydrogen) atoms. The summed E-state index contributed by atoms with van der Waals surface area (Å²) in [6.07, 6.45) is 2.24. The van der Waals surface area contributed by atoms with Crippen LogP contribution in [0.3, 0.4) is 0 Å². The molecule has 0 aliphatic carbocycles. The van der Waals surface area contributed by atoms with E-state index in [0.717, 1.165) is 31.6 Å². The minimum atomic E-state index is -1.03. The molecule has 0 saturated heterocycles. The van der Waals surface area contributed by atoms with E-state index < -0.39 is 17.8 Å². The molecule has 0 aromatic heterocycles. The number of halogens is 1. The summed E-state index contributed by atoms with van der Waals surface area (Å²) < 4.78 is 13.9. The molecule has 136 valence electrons. The van der Waals surface area contributed by atoms with Gasteiger partial charge in [-0.25, -0.2) is 4.39 Å². The fraction of sp³-hybridized carbons (Fsp3) is 0.333. The number of unbranched alkanes of at least 4 members (excludes halogenated alkanes) is 1. The van der Waals surface area contributed by atoms with E-state index >= 15 is 0 Å². The first-order valence-electron chi connectivity index (χ1n) is 8.90. The predicted octanol–water partition coefficient (Wildman–Crippen LogP) is 4.45. The molecule has 0 aliphatic rings. The lowest BCUT2D eigenvalue weighted by Crippen LogP contribution is -2.28. The summed E-state index contributed by atoms with van der Waals surface area (Å²) in [6.45, 7) is 6.13. The third-order valence-electron chi connectivity index (χ3n) is 4.28. The lowest BCUT2D eigenvalue weighted by Gasteiger charge is -2.23. The maximum absolute atomic E-state index is 13.9. The molecule has 0 bridgehead atoms. The maximum atomic E-state index is 13.9. The van der Waals surface area contributed by atoms with Crippen molar-refractivity contribution in [2.75, 3.05) is 18.0 Å². The topological polar surface area (TPSA) is 56.1 Å². The number of hydrogen-bond acceptors (Lipinski definition) is 3. The Bertz CT molecular complexity index is 768. The van der Waals surface area contributed by atoms with Crippen molar-refractivity contribution < 1.29 is 9.18 Å². The van der Waals surface area contributed by atoms with E-state index in [9.17, 15) is 14.4 Å². The van der Waals surface area contributed by atoms with Gasteiger partial charge in [-0.1, -0.05) is 31.5 Å². The summed E-state index contributed by atoms with van der Waals surface area (Å²) in [6, 6.07) is 14.1. The average molecular weight is 353 g/mol. The molecule has 5 heteroatoms. The minimum absolute atomic E-state index is 0.164. The number of nitrogens with one attached hydrogen (secondary N) is 1. The molecule has 1 atom stereocenters. The number of benzene rings is 2. The number of nitrogens with zero attached hydrogens (tertiary/aromatic N) is 2. The van der Waals surface area contributed by atoms with Crippen molar-refractivity contribution in [3.05, 3.63) is 65.5 Å². The highest BCUT2D eigenvalue weighted by atomic mass is 19.1. The molecule has 2 aromatic rings. The van der Waals surface area contributed by atoms with Crippen LogP contribution in [-0.2, 0) is 0 Å². The third kappa shape index (κ3) is 4.82. The van der Waals surface area contributed by atoms with Crippen LogP contribution in [0.15, 0.2) is 48.5 Å². The van der Waals surface area contributed by atoms with E-state index in [1.54, 1.807) is 24.3 Å². The van der Waals surface area contributed by atoms with Crippen LogP contribution in [0.4, 0.5) is 10.1 Å². The molecule has 0 aliphatic heterocycles. The average Bonchev–Trinajstić information content (AvgIpc) is 2.67. The normalized spacial score (nSPS) is 11.5. The van der Waals surface area contributed by atoms with E-state index in [-0.39, 0.29) is 5.56 Å². The van der Waals surface area contributed by atoms with Gasteiger partial charge in [-0.15, -0.1) is 0 Å². The van der Waals surface area contributed by atoms with Crippen LogP contribution in [0.2, 0.25) is 0 Å². The van der Waals surface area contributed by atoms with Crippen molar-refractivity contribution in [2.45, 2.75) is 32.7 Å². The highest BCUT2D eigenvalue weighted by Gasteiger charge is 2.18. The van der Waals surface area contributed by atoms with Crippen molar-refractivity contribution in [1.82, 2.24) is 5.32 Å². The Morgan fingerprint density at radius 1 is 1.19 bits per heavy atom. The van der Waals surface area contributed by atoms with Gasteiger partial charge in [0.2, 0.25) is 0 Å². The SMILES string of the molecule is CCCCN(CC)c1ccc(C(=O)NC(C#N)c2ccccc2F)cc1. The van der Waals surface area contributed by atoms with Crippen LogP contribution in [0.1, 0.15) is 48.7 Å². The van der Waals surface area contributed by atoms with Gasteiger partial charge in [-0.3, -0.25) is 4.79 Å². The molecule has 1 unspecified atom stereocenters. The Labute approximate surface area is 154 Å². The predicted molar refractivity (Wildman–Crippen MR) is 101 cm³/mol. The van der Waals surface area contributed by atoms with Crippen LogP contribution in [0.5, 0.6) is 0 Å². The number of hydrogen-bond donors (Lipinski definition) is 1. The lowest BCUT2D eigenvalue weighted by molar-refractivity contribution is 0.0944. The first-order chi connectivity index (χ1) is 12.6. The fourth-order valence-corrected chi connectivity index (χ4v) is 2.75. The first-order valence-corrected chi connectivity index (χ1v) is 8.90. The highest BCUT2D eigenvalue weighted by Crippen LogP contribution is 2.19. The molecular weight excluding hydrogens is 329 g/mol. The van der Waals surface area contributed by atoms with E-state index in [1.165, 1.54) is 12.1 Å². The zero-order chi connectivity index (χ0) is 18.9. The van der Waals surface area contributed by atoms with Gasteiger partial charge < -0.3 is 10.2 Å². The quantitative estimate of drug-likeness (QED) is 0.763. The summed E-state index contributed by atoms with van der Waals surface area (Å²) >= 11 is 0. The largest absolute Gasteiger partial charge is 0.372 e. The number of nitriles is 1. The Balaban J connectivity index is 2.10. The fourth-order valence-electron chi connectivity index (χ4n) is 2.75. The Morgan fingerprint density at radius 2 is 1.88 bits per heavy atom. The number of amides is 1. The van der Waals surface area contributed by atoms with Crippen molar-refractivity contribution in [2.24, 2.45) is 0 Å². The molecular formula is C21H24FN3O. The zero-order valence-corrected chi connectivity index (χ0v) is 15.2. The second kappa shape index (κ2) is 9.57. The van der Waals surface area contributed by atoms with Gasteiger partial charge in [0.1, 0.15) is 11.9 Å². The van der Waals surface area contributed by atoms with Crippen LogP contribution < -0.4 is 10.2 Å². The van der Waals surface area contributed by atoms with Crippen LogP contribution in [0, 0.1) is 17.1 Å². The van der Waals surface area contributed by atoms with Crippen LogP contribution >= 0.6 is 0 Å². The number of carbonyl (C=O) groups is 1. The van der Waals surface area contributed by atoms with Gasteiger partial charge in [0.25, 0.3) is 5.91 Å². The van der Waals surface area contributed by atoms with Gasteiger partial charge in [-0.2, -0.15) is 5.26 Å². The zero-order valence-electron chi connectivity index (χ0n) is 15.2. The molecule has 4 nitrogen and oxygen atoms in total. The van der Waals surface area contributed by atoms with E-state index in [0.29, 0.717) is 5.56 Å². The second-order valence-corrected chi connectivity index (χ2v) is 6.04. The smallest absolute Gasteiger partial charge is 0.252 e. The van der Waals surface area contributed by atoms with Crippen molar-refractivity contribution in [3.63, 3.8) is 0 Å². The Morgan fingerprint density at radius 3 is 2.46 bits per heavy atom. The van der Waals surface area contributed by atoms with Gasteiger partial charge in [0.05, 0.1) is 6.07 Å². The molecule has 1 amide bonds. The lowest BCUT2D eigenvalue weighted by atomic mass is 10.1. The van der Waals surface area contributed by atoms with E-state index in [1.807, 2.05) is 18.2 Å². The van der Waals surface area contributed by atoms with Crippen molar-refractivity contribution in [3.8, 4) is 6.07 Å². The molecule has 2 rings (SSSR count). The second-order valence-electron chi connectivity index (χ2n) is 6.04. The first kappa shape index (κ1) is 19.5.